The third-order valence-electron chi connectivity index (χ3n) is 5.25. The third-order valence-corrected chi connectivity index (χ3v) is 5.25. The van der Waals surface area contributed by atoms with E-state index < -0.39 is 0 Å². The van der Waals surface area contributed by atoms with Crippen LogP contribution in [0.4, 0.5) is 15.9 Å². The summed E-state index contributed by atoms with van der Waals surface area (Å²) in [4.78, 5) is 13.4. The van der Waals surface area contributed by atoms with Crippen LogP contribution in [-0.2, 0) is 0 Å². The Hall–Kier alpha value is -3.74. The summed E-state index contributed by atoms with van der Waals surface area (Å²) in [5.41, 5.74) is 2.34. The second-order valence-electron chi connectivity index (χ2n) is 7.09. The van der Waals surface area contributed by atoms with E-state index in [1.807, 2.05) is 54.6 Å². The molecule has 6 nitrogen and oxygen atoms in total. The second kappa shape index (κ2) is 7.94. The number of hydrogen-bond acceptors (Lipinski definition) is 6. The Kier molecular flexibility index (Phi) is 4.85. The summed E-state index contributed by atoms with van der Waals surface area (Å²) < 4.78 is 19.7. The van der Waals surface area contributed by atoms with Crippen molar-refractivity contribution in [1.82, 2.24) is 15.1 Å². The Labute approximate surface area is 173 Å². The van der Waals surface area contributed by atoms with E-state index in [-0.39, 0.29) is 5.82 Å². The van der Waals surface area contributed by atoms with E-state index in [1.54, 1.807) is 12.3 Å². The third kappa shape index (κ3) is 3.50. The molecule has 3 heterocycles. The van der Waals surface area contributed by atoms with Gasteiger partial charge in [-0.15, -0.1) is 0 Å². The van der Waals surface area contributed by atoms with E-state index in [0.29, 0.717) is 30.5 Å². The lowest BCUT2D eigenvalue weighted by molar-refractivity contribution is 0.432. The molecule has 0 bridgehead atoms. The summed E-state index contributed by atoms with van der Waals surface area (Å²) in [6.45, 7) is 2.85. The first-order chi connectivity index (χ1) is 14.8. The predicted octanol–water partition coefficient (Wildman–Crippen LogP) is 4.26. The largest absolute Gasteiger partial charge is 0.366 e. The van der Waals surface area contributed by atoms with Crippen molar-refractivity contribution in [2.45, 2.75) is 0 Å². The molecule has 1 saturated heterocycles. The van der Waals surface area contributed by atoms with Crippen LogP contribution in [0.15, 0.2) is 77.4 Å². The molecule has 1 aliphatic rings. The number of para-hydroxylation sites is 1. The van der Waals surface area contributed by atoms with Crippen molar-refractivity contribution in [3.05, 3.63) is 78.7 Å². The number of hydrogen-bond donors (Lipinski definition) is 0. The zero-order valence-corrected chi connectivity index (χ0v) is 16.3. The van der Waals surface area contributed by atoms with Crippen molar-refractivity contribution in [3.8, 4) is 22.8 Å². The van der Waals surface area contributed by atoms with Gasteiger partial charge >= 0.3 is 0 Å². The fourth-order valence-corrected chi connectivity index (χ4v) is 3.72. The zero-order valence-electron chi connectivity index (χ0n) is 16.3. The quantitative estimate of drug-likeness (QED) is 0.509. The molecule has 0 radical (unpaired) electrons. The van der Waals surface area contributed by atoms with E-state index in [9.17, 15) is 4.39 Å². The average Bonchev–Trinajstić information content (AvgIpc) is 3.30. The van der Waals surface area contributed by atoms with Gasteiger partial charge in [-0.2, -0.15) is 4.98 Å². The van der Waals surface area contributed by atoms with Crippen LogP contribution < -0.4 is 9.80 Å². The number of halogens is 1. The number of benzene rings is 2. The average molecular weight is 401 g/mol. The number of pyridine rings is 1. The Morgan fingerprint density at radius 1 is 0.800 bits per heavy atom. The fraction of sp³-hybridized carbons (Fsp3) is 0.174. The van der Waals surface area contributed by atoms with Crippen molar-refractivity contribution >= 4 is 11.5 Å². The van der Waals surface area contributed by atoms with Crippen molar-refractivity contribution in [1.29, 1.82) is 0 Å². The minimum Gasteiger partial charge on any atom is -0.366 e. The van der Waals surface area contributed by atoms with Gasteiger partial charge in [-0.05, 0) is 24.3 Å². The summed E-state index contributed by atoms with van der Waals surface area (Å²) in [6.07, 6.45) is 1.76. The van der Waals surface area contributed by atoms with Crippen molar-refractivity contribution in [2.24, 2.45) is 0 Å². The van der Waals surface area contributed by atoms with Gasteiger partial charge in [0.05, 0.1) is 11.3 Å². The maximum absolute atomic E-state index is 14.1. The van der Waals surface area contributed by atoms with Crippen molar-refractivity contribution < 1.29 is 8.91 Å². The SMILES string of the molecule is Fc1ccccc1N1CCN(c2ncccc2-c2nc(-c3ccccc3)no2)CC1. The standard InChI is InChI=1S/C23H20FN5O/c24-19-10-4-5-11-20(19)28-13-15-29(16-14-28)22-18(9-6-12-25-22)23-26-21(27-30-23)17-7-2-1-3-8-17/h1-12H,13-16H2. The second-order valence-corrected chi connectivity index (χ2v) is 7.09. The topological polar surface area (TPSA) is 58.3 Å². The van der Waals surface area contributed by atoms with E-state index >= 15 is 0 Å². The van der Waals surface area contributed by atoms with Crippen LogP contribution in [0.1, 0.15) is 0 Å². The van der Waals surface area contributed by atoms with E-state index in [1.165, 1.54) is 6.07 Å². The zero-order chi connectivity index (χ0) is 20.3. The molecule has 0 amide bonds. The lowest BCUT2D eigenvalue weighted by Crippen LogP contribution is -2.47. The molecule has 0 aliphatic carbocycles. The summed E-state index contributed by atoms with van der Waals surface area (Å²) in [7, 11) is 0. The first kappa shape index (κ1) is 18.3. The molecular weight excluding hydrogens is 381 g/mol. The molecule has 1 fully saturated rings. The Balaban J connectivity index is 1.38. The summed E-state index contributed by atoms with van der Waals surface area (Å²) in [5, 5.41) is 4.13. The van der Waals surface area contributed by atoms with Gasteiger partial charge in [0, 0.05) is 37.9 Å². The lowest BCUT2D eigenvalue weighted by Gasteiger charge is -2.37. The summed E-state index contributed by atoms with van der Waals surface area (Å²) >= 11 is 0. The Bertz CT molecular complexity index is 1140. The molecule has 0 unspecified atom stereocenters. The predicted molar refractivity (Wildman–Crippen MR) is 114 cm³/mol. The molecule has 4 aromatic rings. The monoisotopic (exact) mass is 401 g/mol. The molecule has 0 spiro atoms. The highest BCUT2D eigenvalue weighted by atomic mass is 19.1. The molecule has 5 rings (SSSR count). The van der Waals surface area contributed by atoms with E-state index in [4.69, 9.17) is 4.52 Å². The first-order valence-electron chi connectivity index (χ1n) is 9.88. The fourth-order valence-electron chi connectivity index (χ4n) is 3.72. The van der Waals surface area contributed by atoms with Crippen LogP contribution in [0.5, 0.6) is 0 Å². The Morgan fingerprint density at radius 3 is 2.33 bits per heavy atom. The number of anilines is 2. The van der Waals surface area contributed by atoms with Gasteiger partial charge < -0.3 is 14.3 Å². The van der Waals surface area contributed by atoms with Gasteiger partial charge in [0.1, 0.15) is 11.6 Å². The number of piperazine rings is 1. The molecule has 2 aromatic carbocycles. The smallest absolute Gasteiger partial charge is 0.261 e. The highest BCUT2D eigenvalue weighted by Gasteiger charge is 2.24. The molecule has 0 N–H and O–H groups in total. The minimum absolute atomic E-state index is 0.191. The van der Waals surface area contributed by atoms with Crippen LogP contribution in [0.3, 0.4) is 0 Å². The molecule has 150 valence electrons. The molecule has 7 heteroatoms. The first-order valence-corrected chi connectivity index (χ1v) is 9.88. The van der Waals surface area contributed by atoms with Crippen LogP contribution >= 0.6 is 0 Å². The van der Waals surface area contributed by atoms with E-state index in [0.717, 1.165) is 30.0 Å². The Morgan fingerprint density at radius 2 is 1.53 bits per heavy atom. The maximum Gasteiger partial charge on any atom is 0.261 e. The maximum atomic E-state index is 14.1. The lowest BCUT2D eigenvalue weighted by atomic mass is 10.2. The van der Waals surface area contributed by atoms with Crippen molar-refractivity contribution in [2.75, 3.05) is 36.0 Å². The minimum atomic E-state index is -0.191. The molecule has 2 aromatic heterocycles. The summed E-state index contributed by atoms with van der Waals surface area (Å²) in [5.74, 6) is 1.59. The molecular formula is C23H20FN5O. The normalized spacial score (nSPS) is 14.2. The van der Waals surface area contributed by atoms with Gasteiger partial charge in [-0.25, -0.2) is 9.37 Å². The molecule has 0 atom stereocenters. The van der Waals surface area contributed by atoms with Gasteiger partial charge in [0.25, 0.3) is 5.89 Å². The van der Waals surface area contributed by atoms with Crippen LogP contribution in [-0.4, -0.2) is 41.3 Å². The number of nitrogens with zero attached hydrogens (tertiary/aromatic N) is 5. The number of rotatable bonds is 4. The highest BCUT2D eigenvalue weighted by Crippen LogP contribution is 2.30. The van der Waals surface area contributed by atoms with Gasteiger partial charge in [0.2, 0.25) is 5.82 Å². The molecule has 30 heavy (non-hydrogen) atoms. The molecule has 1 aliphatic heterocycles. The highest BCUT2D eigenvalue weighted by molar-refractivity contribution is 5.71. The van der Waals surface area contributed by atoms with Gasteiger partial charge in [0.15, 0.2) is 0 Å². The summed E-state index contributed by atoms with van der Waals surface area (Å²) in [6, 6.07) is 20.4. The van der Waals surface area contributed by atoms with E-state index in [2.05, 4.69) is 24.9 Å². The van der Waals surface area contributed by atoms with Crippen LogP contribution in [0, 0.1) is 5.82 Å². The number of aromatic nitrogens is 3. The van der Waals surface area contributed by atoms with Crippen molar-refractivity contribution in [3.63, 3.8) is 0 Å². The van der Waals surface area contributed by atoms with Gasteiger partial charge in [-0.3, -0.25) is 0 Å². The van der Waals surface area contributed by atoms with Crippen LogP contribution in [0.2, 0.25) is 0 Å². The van der Waals surface area contributed by atoms with Gasteiger partial charge in [-0.1, -0.05) is 47.6 Å². The molecule has 0 saturated carbocycles. The van der Waals surface area contributed by atoms with Crippen LogP contribution in [0.25, 0.3) is 22.8 Å².